The first-order valence-corrected chi connectivity index (χ1v) is 14.8. The maximum absolute atomic E-state index is 13.7. The van der Waals surface area contributed by atoms with E-state index < -0.39 is 56.5 Å². The molecule has 1 saturated heterocycles. The van der Waals surface area contributed by atoms with Crippen LogP contribution in [0.5, 0.6) is 0 Å². The number of H-pyrrole nitrogens is 1. The molecule has 2 amide bonds. The minimum absolute atomic E-state index is 0.107. The normalized spacial score (nSPS) is 16.6. The quantitative estimate of drug-likeness (QED) is 0.263. The third kappa shape index (κ3) is 6.44. The van der Waals surface area contributed by atoms with Crippen LogP contribution in [0, 0.1) is 0 Å². The first kappa shape index (κ1) is 34.7. The molecule has 1 atom stereocenters. The number of thiazole rings is 1. The van der Waals surface area contributed by atoms with Crippen LogP contribution in [0.25, 0.3) is 10.4 Å². The summed E-state index contributed by atoms with van der Waals surface area (Å²) in [5.41, 5.74) is -8.69. The van der Waals surface area contributed by atoms with E-state index in [4.69, 9.17) is 23.2 Å². The third-order valence-electron chi connectivity index (χ3n) is 7.40. The van der Waals surface area contributed by atoms with Gasteiger partial charge < -0.3 is 15.3 Å². The van der Waals surface area contributed by atoms with Gasteiger partial charge in [0.2, 0.25) is 0 Å². The van der Waals surface area contributed by atoms with Crippen molar-refractivity contribution in [3.8, 4) is 10.4 Å². The van der Waals surface area contributed by atoms with Crippen LogP contribution in [-0.4, -0.2) is 68.4 Å². The fraction of sp³-hybridized carbons (Fsp3) is 0.500. The molecule has 0 spiro atoms. The van der Waals surface area contributed by atoms with Crippen molar-refractivity contribution in [2.45, 2.75) is 69.4 Å². The van der Waals surface area contributed by atoms with E-state index in [2.05, 4.69) is 25.0 Å². The molecule has 2 aromatic heterocycles. The van der Waals surface area contributed by atoms with Crippen molar-refractivity contribution in [3.05, 3.63) is 54.8 Å². The third-order valence-corrected chi connectivity index (χ3v) is 9.37. The Kier molecular flexibility index (Phi) is 9.43. The lowest BCUT2D eigenvalue weighted by atomic mass is 9.91. The highest BCUT2D eigenvalue weighted by atomic mass is 35.5. The van der Waals surface area contributed by atoms with Gasteiger partial charge in [0, 0.05) is 35.7 Å². The average Bonchev–Trinajstić information content (AvgIpc) is 3.59. The van der Waals surface area contributed by atoms with Crippen LogP contribution in [0.15, 0.2) is 21.5 Å². The van der Waals surface area contributed by atoms with Crippen molar-refractivity contribution >= 4 is 46.4 Å². The first-order valence-electron chi connectivity index (χ1n) is 13.2. The molecule has 45 heavy (non-hydrogen) atoms. The summed E-state index contributed by atoms with van der Waals surface area (Å²) >= 11 is 12.8. The average molecular weight is 704 g/mol. The molecule has 10 nitrogen and oxygen atoms in total. The van der Waals surface area contributed by atoms with Gasteiger partial charge in [-0.25, -0.2) is 9.78 Å². The Morgan fingerprint density at radius 3 is 2.33 bits per heavy atom. The van der Waals surface area contributed by atoms with Crippen LogP contribution in [0.2, 0.25) is 10.0 Å². The Bertz CT molecular complexity index is 1650. The number of benzene rings is 1. The minimum atomic E-state index is -6.23. The molecular formula is C26H25Cl2F6N5O5S. The molecule has 0 saturated carbocycles. The molecule has 19 heteroatoms. The highest BCUT2D eigenvalue weighted by Crippen LogP contribution is 2.54. The molecule has 1 fully saturated rings. The van der Waals surface area contributed by atoms with E-state index in [1.54, 1.807) is 20.8 Å². The molecule has 0 radical (unpaired) electrons. The molecule has 246 valence electrons. The van der Waals surface area contributed by atoms with E-state index in [1.165, 1.54) is 4.90 Å². The summed E-state index contributed by atoms with van der Waals surface area (Å²) in [5, 5.41) is 13.7. The van der Waals surface area contributed by atoms with E-state index in [1.807, 2.05) is 0 Å². The highest BCUT2D eigenvalue weighted by Gasteiger charge is 2.72. The maximum atomic E-state index is 13.7. The second-order valence-electron chi connectivity index (χ2n) is 11.0. The molecule has 0 aliphatic carbocycles. The fourth-order valence-electron chi connectivity index (χ4n) is 4.73. The molecule has 3 N–H and O–H groups in total. The van der Waals surface area contributed by atoms with Gasteiger partial charge in [-0.15, -0.1) is 11.3 Å². The summed E-state index contributed by atoms with van der Waals surface area (Å²) in [7, 11) is 0. The number of carbonyl (C=O) groups excluding carboxylic acids is 2. The molecule has 4 rings (SSSR count). The zero-order valence-corrected chi connectivity index (χ0v) is 25.9. The Labute approximate surface area is 264 Å². The van der Waals surface area contributed by atoms with Gasteiger partial charge in [0.15, 0.2) is 10.8 Å². The van der Waals surface area contributed by atoms with E-state index >= 15 is 0 Å². The number of alkyl halides is 6. The SMILES string of the molecule is CC1CCCCN1C(=O)c1nc(C(=O)NCC(C)(C)c2noc(=O)[nH]2)sc1-c1ccc(C(O)(C(F)(F)F)C(F)(F)F)c(Cl)c1Cl. The smallest absolute Gasteiger partial charge is 0.369 e. The lowest BCUT2D eigenvalue weighted by molar-refractivity contribution is -0.376. The second kappa shape index (κ2) is 12.2. The van der Waals surface area contributed by atoms with Crippen molar-refractivity contribution < 1.29 is 45.6 Å². The number of nitrogens with one attached hydrogen (secondary N) is 2. The van der Waals surface area contributed by atoms with Crippen molar-refractivity contribution in [2.24, 2.45) is 0 Å². The number of amides is 2. The molecule has 1 unspecified atom stereocenters. The minimum Gasteiger partial charge on any atom is -0.369 e. The molecule has 1 aromatic carbocycles. The Morgan fingerprint density at radius 2 is 1.78 bits per heavy atom. The van der Waals surface area contributed by atoms with Crippen LogP contribution in [0.1, 0.15) is 71.7 Å². The number of likely N-dealkylation sites (tertiary alicyclic amines) is 1. The molecule has 1 aliphatic rings. The largest absolute Gasteiger partial charge is 0.438 e. The number of rotatable bonds is 7. The molecule has 3 aromatic rings. The summed E-state index contributed by atoms with van der Waals surface area (Å²) in [6, 6.07) is 0.809. The monoisotopic (exact) mass is 703 g/mol. The van der Waals surface area contributed by atoms with Crippen molar-refractivity contribution in [1.82, 2.24) is 25.3 Å². The molecule has 3 heterocycles. The van der Waals surface area contributed by atoms with Gasteiger partial charge in [-0.05, 0) is 26.2 Å². The lowest BCUT2D eigenvalue weighted by Gasteiger charge is -2.34. The van der Waals surface area contributed by atoms with Crippen LogP contribution >= 0.6 is 34.5 Å². The predicted molar refractivity (Wildman–Crippen MR) is 150 cm³/mol. The summed E-state index contributed by atoms with van der Waals surface area (Å²) in [5.74, 6) is -2.13. The van der Waals surface area contributed by atoms with Crippen LogP contribution < -0.4 is 11.1 Å². The van der Waals surface area contributed by atoms with Crippen molar-refractivity contribution in [1.29, 1.82) is 0 Å². The van der Waals surface area contributed by atoms with Gasteiger partial charge in [0.05, 0.1) is 14.9 Å². The summed E-state index contributed by atoms with van der Waals surface area (Å²) in [6.07, 6.45) is -10.3. The zero-order chi connectivity index (χ0) is 33.7. The lowest BCUT2D eigenvalue weighted by Crippen LogP contribution is -2.54. The fourth-order valence-corrected chi connectivity index (χ4v) is 6.36. The molecular weight excluding hydrogens is 679 g/mol. The van der Waals surface area contributed by atoms with Crippen LogP contribution in [-0.2, 0) is 11.0 Å². The number of piperidine rings is 1. The topological polar surface area (TPSA) is 141 Å². The standard InChI is InChI=1S/C26H25Cl2F6N5O5S/c1-11-6-4-5-9-39(11)20(41)16-17(45-19(36-16)18(40)35-10-23(2,3)21-37-22(42)44-38-21)12-7-8-13(15(28)14(12)27)24(43,25(29,30)31)26(32,33)34/h7-8,11,43H,4-6,9-10H2,1-3H3,(H,35,40)(H,37,38,42). The van der Waals surface area contributed by atoms with E-state index in [0.717, 1.165) is 12.5 Å². The second-order valence-corrected chi connectivity index (χ2v) is 12.8. The van der Waals surface area contributed by atoms with Gasteiger partial charge in [-0.2, -0.15) is 26.3 Å². The van der Waals surface area contributed by atoms with Crippen LogP contribution in [0.4, 0.5) is 26.3 Å². The van der Waals surface area contributed by atoms with Gasteiger partial charge in [-0.3, -0.25) is 19.1 Å². The maximum Gasteiger partial charge on any atom is 0.438 e. The van der Waals surface area contributed by atoms with Crippen molar-refractivity contribution in [3.63, 3.8) is 0 Å². The number of carbonyl (C=O) groups is 2. The number of hydrogen-bond acceptors (Lipinski definition) is 8. The van der Waals surface area contributed by atoms with Gasteiger partial charge in [0.25, 0.3) is 17.4 Å². The molecule has 1 aliphatic heterocycles. The first-order chi connectivity index (χ1) is 20.7. The Hall–Kier alpha value is -3.15. The Balaban J connectivity index is 1.79. The predicted octanol–water partition coefficient (Wildman–Crippen LogP) is 5.83. The number of hydrogen-bond donors (Lipinski definition) is 3. The Morgan fingerprint density at radius 1 is 1.13 bits per heavy atom. The van der Waals surface area contributed by atoms with Crippen LogP contribution in [0.3, 0.4) is 0 Å². The number of aliphatic hydroxyl groups is 1. The summed E-state index contributed by atoms with van der Waals surface area (Å²) in [6.45, 7) is 5.28. The summed E-state index contributed by atoms with van der Waals surface area (Å²) in [4.78, 5) is 46.2. The highest BCUT2D eigenvalue weighted by molar-refractivity contribution is 7.17. The van der Waals surface area contributed by atoms with E-state index in [9.17, 15) is 45.8 Å². The van der Waals surface area contributed by atoms with Gasteiger partial charge >= 0.3 is 18.1 Å². The van der Waals surface area contributed by atoms with Gasteiger partial charge in [0.1, 0.15) is 5.69 Å². The van der Waals surface area contributed by atoms with E-state index in [0.29, 0.717) is 36.8 Å². The number of aromatic amines is 1. The number of halogens is 8. The number of aromatic nitrogens is 3. The zero-order valence-electron chi connectivity index (χ0n) is 23.6. The number of nitrogens with zero attached hydrogens (tertiary/aromatic N) is 3. The summed E-state index contributed by atoms with van der Waals surface area (Å²) < 4.78 is 86.0. The van der Waals surface area contributed by atoms with Gasteiger partial charge in [-0.1, -0.05) is 54.3 Å². The van der Waals surface area contributed by atoms with E-state index in [-0.39, 0.29) is 39.6 Å². The molecule has 0 bridgehead atoms. The van der Waals surface area contributed by atoms with Crippen molar-refractivity contribution in [2.75, 3.05) is 13.1 Å².